The monoisotopic (exact) mass is 297 g/mol. The molecule has 0 N–H and O–H groups in total. The quantitative estimate of drug-likeness (QED) is 0.799. The molecule has 2 aliphatic carbocycles. The third kappa shape index (κ3) is 2.05. The van der Waals surface area contributed by atoms with Gasteiger partial charge >= 0.3 is 0 Å². The van der Waals surface area contributed by atoms with Crippen molar-refractivity contribution in [3.8, 4) is 0 Å². The Hall–Kier alpha value is -0.380. The standard InChI is InChI=1S/C13H20BrN3/c1-9(2)17-12(15-8-16-17)6-13(7-14)4-10-3-11(10)5-13/h8-11H,3-7H2,1-2H3. The number of hydrogen-bond acceptors (Lipinski definition) is 2. The average molecular weight is 298 g/mol. The Morgan fingerprint density at radius 1 is 1.47 bits per heavy atom. The van der Waals surface area contributed by atoms with Crippen molar-refractivity contribution in [1.29, 1.82) is 0 Å². The Morgan fingerprint density at radius 2 is 2.18 bits per heavy atom. The maximum atomic E-state index is 4.46. The maximum Gasteiger partial charge on any atom is 0.138 e. The van der Waals surface area contributed by atoms with Crippen LogP contribution in [-0.2, 0) is 6.42 Å². The lowest BCUT2D eigenvalue weighted by molar-refractivity contribution is 0.292. The van der Waals surface area contributed by atoms with Crippen molar-refractivity contribution in [1.82, 2.24) is 14.8 Å². The minimum absolute atomic E-state index is 0.413. The lowest BCUT2D eigenvalue weighted by Gasteiger charge is -2.28. The van der Waals surface area contributed by atoms with Crippen LogP contribution in [0.2, 0.25) is 0 Å². The van der Waals surface area contributed by atoms with Crippen LogP contribution in [0.3, 0.4) is 0 Å². The van der Waals surface area contributed by atoms with Gasteiger partial charge in [-0.05, 0) is 50.4 Å². The highest BCUT2D eigenvalue weighted by Crippen LogP contribution is 2.61. The van der Waals surface area contributed by atoms with Gasteiger partial charge in [0.25, 0.3) is 0 Å². The van der Waals surface area contributed by atoms with Crippen LogP contribution in [0.5, 0.6) is 0 Å². The van der Waals surface area contributed by atoms with Crippen molar-refractivity contribution in [3.05, 3.63) is 12.2 Å². The summed E-state index contributed by atoms with van der Waals surface area (Å²) in [4.78, 5) is 4.46. The lowest BCUT2D eigenvalue weighted by atomic mass is 9.81. The highest BCUT2D eigenvalue weighted by atomic mass is 79.9. The van der Waals surface area contributed by atoms with Crippen molar-refractivity contribution >= 4 is 15.9 Å². The van der Waals surface area contributed by atoms with Crippen LogP contribution in [-0.4, -0.2) is 20.1 Å². The average Bonchev–Trinajstić information content (AvgIpc) is 2.76. The molecule has 2 unspecified atom stereocenters. The molecule has 1 aromatic heterocycles. The molecule has 3 rings (SSSR count). The molecule has 0 radical (unpaired) electrons. The predicted molar refractivity (Wildman–Crippen MR) is 71.2 cm³/mol. The summed E-state index contributed by atoms with van der Waals surface area (Å²) in [5.74, 6) is 3.20. The second-order valence-electron chi connectivity index (χ2n) is 6.19. The number of aromatic nitrogens is 3. The molecule has 4 heteroatoms. The van der Waals surface area contributed by atoms with E-state index in [1.54, 1.807) is 6.33 Å². The highest BCUT2D eigenvalue weighted by Gasteiger charge is 2.53. The Kier molecular flexibility index (Phi) is 2.80. The van der Waals surface area contributed by atoms with Crippen molar-refractivity contribution < 1.29 is 0 Å². The van der Waals surface area contributed by atoms with E-state index < -0.39 is 0 Å². The second-order valence-corrected chi connectivity index (χ2v) is 6.75. The van der Waals surface area contributed by atoms with E-state index in [0.29, 0.717) is 11.5 Å². The normalized spacial score (nSPS) is 35.3. The molecule has 0 bridgehead atoms. The van der Waals surface area contributed by atoms with Gasteiger partial charge in [0, 0.05) is 17.8 Å². The fraction of sp³-hybridized carbons (Fsp3) is 0.846. The van der Waals surface area contributed by atoms with E-state index >= 15 is 0 Å². The molecule has 1 aromatic rings. The van der Waals surface area contributed by atoms with E-state index in [1.807, 2.05) is 0 Å². The molecular formula is C13H20BrN3. The molecule has 3 nitrogen and oxygen atoms in total. The Labute approximate surface area is 111 Å². The number of alkyl halides is 1. The summed E-state index contributed by atoms with van der Waals surface area (Å²) < 4.78 is 2.08. The summed E-state index contributed by atoms with van der Waals surface area (Å²) >= 11 is 3.73. The first kappa shape index (κ1) is 11.7. The maximum absolute atomic E-state index is 4.46. The topological polar surface area (TPSA) is 30.7 Å². The molecule has 1 heterocycles. The van der Waals surface area contributed by atoms with E-state index in [9.17, 15) is 0 Å². The van der Waals surface area contributed by atoms with Crippen molar-refractivity contribution in [2.45, 2.75) is 45.6 Å². The molecule has 2 aliphatic rings. The summed E-state index contributed by atoms with van der Waals surface area (Å²) in [6, 6.07) is 0.413. The smallest absolute Gasteiger partial charge is 0.138 e. The molecular weight excluding hydrogens is 278 g/mol. The minimum Gasteiger partial charge on any atom is -0.248 e. The highest BCUT2D eigenvalue weighted by molar-refractivity contribution is 9.09. The molecule has 0 spiro atoms. The fourth-order valence-corrected chi connectivity index (χ4v) is 4.13. The van der Waals surface area contributed by atoms with Crippen LogP contribution in [0.25, 0.3) is 0 Å². The van der Waals surface area contributed by atoms with Crippen LogP contribution < -0.4 is 0 Å². The van der Waals surface area contributed by atoms with Crippen LogP contribution in [0.1, 0.15) is 45.0 Å². The number of rotatable bonds is 4. The van der Waals surface area contributed by atoms with Crippen LogP contribution in [0.15, 0.2) is 6.33 Å². The van der Waals surface area contributed by atoms with Crippen LogP contribution in [0.4, 0.5) is 0 Å². The van der Waals surface area contributed by atoms with Crippen molar-refractivity contribution in [2.24, 2.45) is 17.3 Å². The zero-order chi connectivity index (χ0) is 12.0. The van der Waals surface area contributed by atoms with E-state index in [1.165, 1.54) is 25.1 Å². The summed E-state index contributed by atoms with van der Waals surface area (Å²) in [7, 11) is 0. The van der Waals surface area contributed by atoms with Crippen molar-refractivity contribution in [3.63, 3.8) is 0 Å². The lowest BCUT2D eigenvalue weighted by Crippen LogP contribution is -2.26. The summed E-state index contributed by atoms with van der Waals surface area (Å²) in [5, 5.41) is 5.45. The summed E-state index contributed by atoms with van der Waals surface area (Å²) in [5.41, 5.74) is 0.452. The van der Waals surface area contributed by atoms with Gasteiger partial charge in [0.05, 0.1) is 0 Å². The Balaban J connectivity index is 1.78. The summed E-state index contributed by atoms with van der Waals surface area (Å²) in [6.07, 6.45) is 7.03. The first-order valence-corrected chi connectivity index (χ1v) is 7.70. The number of halogens is 1. The molecule has 17 heavy (non-hydrogen) atoms. The fourth-order valence-electron chi connectivity index (χ4n) is 3.47. The van der Waals surface area contributed by atoms with Gasteiger partial charge in [-0.1, -0.05) is 15.9 Å². The molecule has 0 aromatic carbocycles. The van der Waals surface area contributed by atoms with Crippen LogP contribution >= 0.6 is 15.9 Å². The predicted octanol–water partition coefficient (Wildman–Crippen LogP) is 3.21. The molecule has 0 saturated heterocycles. The third-order valence-corrected chi connectivity index (χ3v) is 5.60. The van der Waals surface area contributed by atoms with Gasteiger partial charge in [-0.2, -0.15) is 5.10 Å². The molecule has 0 aliphatic heterocycles. The van der Waals surface area contributed by atoms with E-state index in [2.05, 4.69) is 44.5 Å². The molecule has 2 fully saturated rings. The van der Waals surface area contributed by atoms with Gasteiger partial charge in [-0.3, -0.25) is 0 Å². The van der Waals surface area contributed by atoms with E-state index in [0.717, 1.165) is 23.6 Å². The SMILES string of the molecule is CC(C)n1ncnc1CC1(CBr)CC2CC2C1. The van der Waals surface area contributed by atoms with Crippen molar-refractivity contribution in [2.75, 3.05) is 5.33 Å². The third-order valence-electron chi connectivity index (χ3n) is 4.41. The zero-order valence-corrected chi connectivity index (χ0v) is 12.2. The molecule has 2 saturated carbocycles. The minimum atomic E-state index is 0.413. The van der Waals surface area contributed by atoms with E-state index in [4.69, 9.17) is 0 Å². The van der Waals surface area contributed by atoms with Crippen LogP contribution in [0, 0.1) is 17.3 Å². The number of fused-ring (bicyclic) bond motifs is 1. The van der Waals surface area contributed by atoms with Gasteiger partial charge in [0.15, 0.2) is 0 Å². The molecule has 94 valence electrons. The van der Waals surface area contributed by atoms with Gasteiger partial charge in [-0.15, -0.1) is 0 Å². The first-order valence-electron chi connectivity index (χ1n) is 6.58. The Bertz CT molecular complexity index is 403. The van der Waals surface area contributed by atoms with Gasteiger partial charge in [-0.25, -0.2) is 9.67 Å². The van der Waals surface area contributed by atoms with Gasteiger partial charge < -0.3 is 0 Å². The van der Waals surface area contributed by atoms with Gasteiger partial charge in [0.1, 0.15) is 12.2 Å². The number of hydrogen-bond donors (Lipinski definition) is 0. The first-order chi connectivity index (χ1) is 8.13. The molecule has 0 amide bonds. The summed E-state index contributed by atoms with van der Waals surface area (Å²) in [6.45, 7) is 4.34. The van der Waals surface area contributed by atoms with E-state index in [-0.39, 0.29) is 0 Å². The van der Waals surface area contributed by atoms with Gasteiger partial charge in [0.2, 0.25) is 0 Å². The number of nitrogens with zero attached hydrogens (tertiary/aromatic N) is 3. The Morgan fingerprint density at radius 3 is 2.76 bits per heavy atom. The largest absolute Gasteiger partial charge is 0.248 e. The zero-order valence-electron chi connectivity index (χ0n) is 10.6. The molecule has 2 atom stereocenters. The second kappa shape index (κ2) is 4.08.